The molecule has 24 heavy (non-hydrogen) atoms. The van der Waals surface area contributed by atoms with Crippen LogP contribution in [0.2, 0.25) is 0 Å². The molecule has 0 spiro atoms. The van der Waals surface area contributed by atoms with Crippen molar-refractivity contribution >= 4 is 5.91 Å². The molecule has 1 aliphatic rings. The fourth-order valence-electron chi connectivity index (χ4n) is 3.01. The molecule has 2 aromatic heterocycles. The van der Waals surface area contributed by atoms with Crippen LogP contribution >= 0.6 is 0 Å². The van der Waals surface area contributed by atoms with Crippen LogP contribution in [0, 0.1) is 19.8 Å². The highest BCUT2D eigenvalue weighted by atomic mass is 16.2. The average Bonchev–Trinajstić information content (AvgIpc) is 2.88. The Morgan fingerprint density at radius 2 is 1.92 bits per heavy atom. The Morgan fingerprint density at radius 3 is 2.54 bits per heavy atom. The van der Waals surface area contributed by atoms with Gasteiger partial charge in [0, 0.05) is 24.8 Å². The number of carbonyl (C=O) groups is 1. The molecule has 7 heteroatoms. The summed E-state index contributed by atoms with van der Waals surface area (Å²) >= 11 is 0. The van der Waals surface area contributed by atoms with Crippen LogP contribution in [0.1, 0.15) is 31.2 Å². The number of hydrogen-bond acceptors (Lipinski definition) is 4. The lowest BCUT2D eigenvalue weighted by Crippen LogP contribution is -2.41. The summed E-state index contributed by atoms with van der Waals surface area (Å²) in [6.07, 6.45) is 2.03. The molecular weight excluding hydrogens is 306 g/mol. The van der Waals surface area contributed by atoms with Crippen LogP contribution in [-0.4, -0.2) is 43.5 Å². The summed E-state index contributed by atoms with van der Waals surface area (Å²) in [4.78, 5) is 26.3. The number of rotatable bonds is 3. The van der Waals surface area contributed by atoms with Gasteiger partial charge in [0.25, 0.3) is 5.56 Å². The smallest absolute Gasteiger partial charge is 0.267 e. The highest BCUT2D eigenvalue weighted by Crippen LogP contribution is 2.16. The summed E-state index contributed by atoms with van der Waals surface area (Å²) in [6, 6.07) is 5.01. The maximum atomic E-state index is 12.4. The first-order valence-corrected chi connectivity index (χ1v) is 8.33. The fourth-order valence-corrected chi connectivity index (χ4v) is 3.01. The lowest BCUT2D eigenvalue weighted by atomic mass is 9.99. The molecule has 0 radical (unpaired) electrons. The van der Waals surface area contributed by atoms with Gasteiger partial charge in [0.15, 0.2) is 5.82 Å². The van der Waals surface area contributed by atoms with Crippen molar-refractivity contribution in [2.24, 2.45) is 5.92 Å². The van der Waals surface area contributed by atoms with Crippen LogP contribution in [0.25, 0.3) is 5.82 Å². The van der Waals surface area contributed by atoms with Gasteiger partial charge in [0.2, 0.25) is 5.91 Å². The van der Waals surface area contributed by atoms with Crippen molar-refractivity contribution in [3.05, 3.63) is 39.9 Å². The Balaban J connectivity index is 1.81. The molecule has 0 aliphatic carbocycles. The number of aromatic nitrogens is 4. The molecular formula is C17H23N5O2. The number of amides is 1. The molecule has 0 saturated carbocycles. The Kier molecular flexibility index (Phi) is 4.51. The molecule has 128 valence electrons. The van der Waals surface area contributed by atoms with E-state index in [1.165, 1.54) is 10.7 Å². The molecule has 0 aromatic carbocycles. The van der Waals surface area contributed by atoms with E-state index in [-0.39, 0.29) is 18.0 Å². The van der Waals surface area contributed by atoms with Gasteiger partial charge in [-0.05, 0) is 44.7 Å². The minimum Gasteiger partial charge on any atom is -0.341 e. The molecule has 7 nitrogen and oxygen atoms in total. The van der Waals surface area contributed by atoms with Gasteiger partial charge < -0.3 is 4.90 Å². The van der Waals surface area contributed by atoms with Crippen LogP contribution < -0.4 is 5.56 Å². The number of hydrogen-bond donors (Lipinski definition) is 0. The zero-order chi connectivity index (χ0) is 17.3. The van der Waals surface area contributed by atoms with E-state index in [4.69, 9.17) is 0 Å². The third-order valence-corrected chi connectivity index (χ3v) is 4.50. The first kappa shape index (κ1) is 16.4. The topological polar surface area (TPSA) is 73.0 Å². The van der Waals surface area contributed by atoms with Gasteiger partial charge in [-0.1, -0.05) is 6.92 Å². The zero-order valence-corrected chi connectivity index (χ0v) is 14.4. The highest BCUT2D eigenvalue weighted by Gasteiger charge is 2.21. The molecule has 0 unspecified atom stereocenters. The van der Waals surface area contributed by atoms with Crippen molar-refractivity contribution in [2.75, 3.05) is 13.1 Å². The maximum Gasteiger partial charge on any atom is 0.267 e. The van der Waals surface area contributed by atoms with E-state index in [1.807, 2.05) is 24.8 Å². The summed E-state index contributed by atoms with van der Waals surface area (Å²) in [5.74, 6) is 1.14. The third kappa shape index (κ3) is 3.39. The van der Waals surface area contributed by atoms with Crippen LogP contribution in [-0.2, 0) is 11.3 Å². The quantitative estimate of drug-likeness (QED) is 0.851. The molecule has 0 bridgehead atoms. The monoisotopic (exact) mass is 329 g/mol. The van der Waals surface area contributed by atoms with Crippen LogP contribution in [0.5, 0.6) is 0 Å². The normalized spacial score (nSPS) is 15.7. The Labute approximate surface area is 140 Å². The second kappa shape index (κ2) is 6.59. The number of nitrogens with zero attached hydrogens (tertiary/aromatic N) is 5. The molecule has 0 N–H and O–H groups in total. The largest absolute Gasteiger partial charge is 0.341 e. The minimum absolute atomic E-state index is 0.0274. The predicted octanol–water partition coefficient (Wildman–Crippen LogP) is 1.30. The van der Waals surface area contributed by atoms with Gasteiger partial charge in [-0.25, -0.2) is 9.36 Å². The Morgan fingerprint density at radius 1 is 1.21 bits per heavy atom. The predicted molar refractivity (Wildman–Crippen MR) is 90.1 cm³/mol. The average molecular weight is 329 g/mol. The standard InChI is InChI=1S/C17H23N5O2/c1-12-6-8-20(9-7-12)17(24)11-21-16(23)5-4-15(19-21)22-14(3)10-13(2)18-22/h4-5,10,12H,6-9,11H2,1-3H3. The SMILES string of the molecule is Cc1cc(C)n(-c2ccc(=O)n(CC(=O)N3CCC(C)CC3)n2)n1. The molecule has 0 atom stereocenters. The minimum atomic E-state index is -0.279. The van der Waals surface area contributed by atoms with Crippen molar-refractivity contribution in [1.29, 1.82) is 0 Å². The number of carbonyl (C=O) groups excluding carboxylic acids is 1. The van der Waals surface area contributed by atoms with Gasteiger partial charge in [-0.15, -0.1) is 5.10 Å². The van der Waals surface area contributed by atoms with Crippen LogP contribution in [0.15, 0.2) is 23.0 Å². The molecule has 3 heterocycles. The summed E-state index contributed by atoms with van der Waals surface area (Å²) in [5, 5.41) is 8.70. The van der Waals surface area contributed by atoms with Crippen molar-refractivity contribution in [2.45, 2.75) is 40.2 Å². The van der Waals surface area contributed by atoms with Gasteiger partial charge in [-0.2, -0.15) is 5.10 Å². The Hall–Kier alpha value is -2.44. The molecule has 1 fully saturated rings. The fraction of sp³-hybridized carbons (Fsp3) is 0.529. The van der Waals surface area contributed by atoms with Gasteiger partial charge >= 0.3 is 0 Å². The van der Waals surface area contributed by atoms with Gasteiger partial charge in [0.1, 0.15) is 6.54 Å². The van der Waals surface area contributed by atoms with Gasteiger partial charge in [0.05, 0.1) is 5.69 Å². The van der Waals surface area contributed by atoms with E-state index in [9.17, 15) is 9.59 Å². The summed E-state index contributed by atoms with van der Waals surface area (Å²) in [6.45, 7) is 7.52. The van der Waals surface area contributed by atoms with E-state index < -0.39 is 0 Å². The third-order valence-electron chi connectivity index (χ3n) is 4.50. The Bertz CT molecular complexity index is 800. The van der Waals surface area contributed by atoms with E-state index in [0.717, 1.165) is 37.3 Å². The van der Waals surface area contributed by atoms with Crippen LogP contribution in [0.3, 0.4) is 0 Å². The van der Waals surface area contributed by atoms with E-state index in [2.05, 4.69) is 17.1 Å². The molecule has 1 aliphatic heterocycles. The number of piperidine rings is 1. The van der Waals surface area contributed by atoms with Crippen molar-refractivity contribution < 1.29 is 4.79 Å². The van der Waals surface area contributed by atoms with Gasteiger partial charge in [-0.3, -0.25) is 9.59 Å². The first-order chi connectivity index (χ1) is 11.4. The molecule has 2 aromatic rings. The van der Waals surface area contributed by atoms with E-state index in [0.29, 0.717) is 11.7 Å². The number of aryl methyl sites for hydroxylation is 2. The first-order valence-electron chi connectivity index (χ1n) is 8.33. The summed E-state index contributed by atoms with van der Waals surface area (Å²) < 4.78 is 2.91. The lowest BCUT2D eigenvalue weighted by Gasteiger charge is -2.30. The molecule has 1 saturated heterocycles. The second-order valence-corrected chi connectivity index (χ2v) is 6.59. The zero-order valence-electron chi connectivity index (χ0n) is 14.4. The summed E-state index contributed by atoms with van der Waals surface area (Å²) in [5.41, 5.74) is 1.53. The van der Waals surface area contributed by atoms with Crippen molar-refractivity contribution in [1.82, 2.24) is 24.5 Å². The summed E-state index contributed by atoms with van der Waals surface area (Å²) in [7, 11) is 0. The maximum absolute atomic E-state index is 12.4. The van der Waals surface area contributed by atoms with E-state index in [1.54, 1.807) is 10.7 Å². The molecule has 3 rings (SSSR count). The van der Waals surface area contributed by atoms with Crippen molar-refractivity contribution in [3.63, 3.8) is 0 Å². The lowest BCUT2D eigenvalue weighted by molar-refractivity contribution is -0.133. The second-order valence-electron chi connectivity index (χ2n) is 6.59. The van der Waals surface area contributed by atoms with Crippen molar-refractivity contribution in [3.8, 4) is 5.82 Å². The van der Waals surface area contributed by atoms with Crippen LogP contribution in [0.4, 0.5) is 0 Å². The highest BCUT2D eigenvalue weighted by molar-refractivity contribution is 5.76. The number of likely N-dealkylation sites (tertiary alicyclic amines) is 1. The van der Waals surface area contributed by atoms with E-state index >= 15 is 0 Å². The molecule has 1 amide bonds.